The zero-order valence-electron chi connectivity index (χ0n) is 30.0. The molecule has 0 bridgehead atoms. The molecule has 4 aliphatic rings. The molecule has 1 aliphatic carbocycles. The average Bonchev–Trinajstić information content (AvgIpc) is 3.60. The number of piperidine rings is 1. The minimum Gasteiger partial charge on any atom is -0.461 e. The largest absolute Gasteiger partial charge is 0.461 e. The van der Waals surface area contributed by atoms with Crippen LogP contribution in [0.3, 0.4) is 0 Å². The van der Waals surface area contributed by atoms with E-state index in [9.17, 15) is 9.50 Å². The summed E-state index contributed by atoms with van der Waals surface area (Å²) < 4.78 is 46.0. The number of β-amino-alcohol motifs (C(OH)–C–C–N with tert-alkyl or cyclic N) is 1. The molecule has 4 fully saturated rings. The van der Waals surface area contributed by atoms with Gasteiger partial charge in [0, 0.05) is 62.9 Å². The van der Waals surface area contributed by atoms with Gasteiger partial charge in [-0.15, -0.1) is 0 Å². The Hall–Kier alpha value is -2.97. The third-order valence-corrected chi connectivity index (χ3v) is 13.2. The normalized spacial score (nSPS) is 25.7. The smallest absolute Gasteiger partial charge is 0.319 e. The Labute approximate surface area is 303 Å². The number of aromatic nitrogens is 5. The molecular weight excluding hydrogens is 692 g/mol. The number of benzene rings is 1. The lowest BCUT2D eigenvalue weighted by atomic mass is 9.94. The highest BCUT2D eigenvalue weighted by molar-refractivity contribution is 6.76. The van der Waals surface area contributed by atoms with Crippen molar-refractivity contribution in [3.63, 3.8) is 0 Å². The first-order chi connectivity index (χ1) is 24.3. The van der Waals surface area contributed by atoms with Gasteiger partial charge in [-0.05, 0) is 75.6 Å². The zero-order chi connectivity index (χ0) is 35.7. The quantitative estimate of drug-likeness (QED) is 0.125. The summed E-state index contributed by atoms with van der Waals surface area (Å²) in [5.41, 5.74) is 1.12. The predicted octanol–water partition coefficient (Wildman–Crippen LogP) is 7.33. The summed E-state index contributed by atoms with van der Waals surface area (Å²) in [5, 5.41) is 17.4. The molecule has 3 saturated heterocycles. The molecule has 0 amide bonds. The number of aliphatic hydroxyl groups is 1. The second-order valence-electron chi connectivity index (χ2n) is 16.7. The topological polar surface area (TPSA) is 102 Å². The van der Waals surface area contributed by atoms with Crippen LogP contribution in [0.4, 0.5) is 14.6 Å². The minimum absolute atomic E-state index is 0.0317. The lowest BCUT2D eigenvalue weighted by Crippen LogP contribution is -2.46. The molecule has 1 aromatic carbocycles. The van der Waals surface area contributed by atoms with Gasteiger partial charge in [0.1, 0.15) is 36.5 Å². The molecule has 1 N–H and O–H groups in total. The maximum absolute atomic E-state index is 17.3. The monoisotopic (exact) mass is 739 g/mol. The van der Waals surface area contributed by atoms with Crippen molar-refractivity contribution in [1.29, 1.82) is 0 Å². The summed E-state index contributed by atoms with van der Waals surface area (Å²) in [6.45, 7) is 12.1. The molecule has 6 heterocycles. The van der Waals surface area contributed by atoms with Crippen LogP contribution in [0.2, 0.25) is 30.7 Å². The van der Waals surface area contributed by atoms with Crippen molar-refractivity contribution in [2.24, 2.45) is 0 Å². The van der Waals surface area contributed by atoms with E-state index in [1.54, 1.807) is 24.0 Å². The number of rotatable bonds is 11. The second kappa shape index (κ2) is 13.2. The molecule has 10 nitrogen and oxygen atoms in total. The molecule has 0 unspecified atom stereocenters. The summed E-state index contributed by atoms with van der Waals surface area (Å²) in [7, 11) is -1.26. The summed E-state index contributed by atoms with van der Waals surface area (Å²) in [6, 6.07) is 2.98. The molecular formula is C37H48ClF2N7O3Si. The van der Waals surface area contributed by atoms with Gasteiger partial charge in [0.05, 0.1) is 28.2 Å². The van der Waals surface area contributed by atoms with E-state index in [0.29, 0.717) is 60.9 Å². The van der Waals surface area contributed by atoms with Crippen LogP contribution in [0.15, 0.2) is 18.5 Å². The molecule has 4 aromatic rings. The van der Waals surface area contributed by atoms with Crippen molar-refractivity contribution in [3.8, 4) is 17.3 Å². The van der Waals surface area contributed by atoms with E-state index in [-0.39, 0.29) is 36.5 Å². The summed E-state index contributed by atoms with van der Waals surface area (Å²) in [5.74, 6) is 0.0603. The Morgan fingerprint density at radius 3 is 2.67 bits per heavy atom. The van der Waals surface area contributed by atoms with E-state index in [4.69, 9.17) is 36.0 Å². The number of anilines is 1. The third kappa shape index (κ3) is 6.84. The number of pyridine rings is 1. The average molecular weight is 740 g/mol. The van der Waals surface area contributed by atoms with Gasteiger partial charge in [0.2, 0.25) is 0 Å². The zero-order valence-corrected chi connectivity index (χ0v) is 31.8. The van der Waals surface area contributed by atoms with Crippen LogP contribution in [0, 0.1) is 5.82 Å². The van der Waals surface area contributed by atoms with E-state index < -0.39 is 31.2 Å². The van der Waals surface area contributed by atoms with Crippen molar-refractivity contribution in [1.82, 2.24) is 29.6 Å². The van der Waals surface area contributed by atoms with Crippen LogP contribution in [0.25, 0.3) is 33.1 Å². The van der Waals surface area contributed by atoms with Crippen LogP contribution in [-0.4, -0.2) is 99.5 Å². The van der Waals surface area contributed by atoms with Crippen LogP contribution in [0.1, 0.15) is 63.4 Å². The number of ether oxygens (including phenoxy) is 2. The molecule has 1 saturated carbocycles. The Morgan fingerprint density at radius 2 is 1.90 bits per heavy atom. The Kier molecular flexibility index (Phi) is 9.05. The number of halogens is 3. The summed E-state index contributed by atoms with van der Waals surface area (Å²) in [6.07, 6.45) is 8.00. The van der Waals surface area contributed by atoms with Gasteiger partial charge in [-0.2, -0.15) is 15.1 Å². The van der Waals surface area contributed by atoms with Crippen LogP contribution in [0.5, 0.6) is 6.01 Å². The van der Waals surface area contributed by atoms with Crippen molar-refractivity contribution in [2.45, 2.75) is 108 Å². The first kappa shape index (κ1) is 35.1. The fourth-order valence-corrected chi connectivity index (χ4v) is 9.52. The SMILES string of the molecule is C[C@@]1(O)CCCN(c2nc(OC[C@@]34CCCN3C[C@H](F)C4)nc3c(F)c(-c4c(C5CC5)c(Cl)cc5c4cnn5COCC[Si](C)(C)C)ncc23)C1. The van der Waals surface area contributed by atoms with Gasteiger partial charge in [-0.3, -0.25) is 9.88 Å². The Bertz CT molecular complexity index is 1970. The van der Waals surface area contributed by atoms with E-state index in [1.165, 1.54) is 0 Å². The number of hydrogen-bond acceptors (Lipinski definition) is 9. The van der Waals surface area contributed by atoms with E-state index >= 15 is 4.39 Å². The van der Waals surface area contributed by atoms with Gasteiger partial charge in [0.25, 0.3) is 0 Å². The second-order valence-corrected chi connectivity index (χ2v) is 22.8. The van der Waals surface area contributed by atoms with Gasteiger partial charge < -0.3 is 19.5 Å². The summed E-state index contributed by atoms with van der Waals surface area (Å²) >= 11 is 7.02. The van der Waals surface area contributed by atoms with Gasteiger partial charge in [-0.25, -0.2) is 13.5 Å². The minimum atomic E-state index is -1.26. The highest BCUT2D eigenvalue weighted by atomic mass is 35.5. The molecule has 8 rings (SSSR count). The van der Waals surface area contributed by atoms with Crippen molar-refractivity contribution in [3.05, 3.63) is 34.9 Å². The highest BCUT2D eigenvalue weighted by Gasteiger charge is 2.49. The van der Waals surface area contributed by atoms with Crippen LogP contribution in [-0.2, 0) is 11.5 Å². The lowest BCUT2D eigenvalue weighted by molar-refractivity contribution is 0.0447. The number of nitrogens with zero attached hydrogens (tertiary/aromatic N) is 7. The van der Waals surface area contributed by atoms with Gasteiger partial charge in [0.15, 0.2) is 5.82 Å². The molecule has 3 aliphatic heterocycles. The fourth-order valence-electron chi connectivity index (χ4n) is 8.41. The van der Waals surface area contributed by atoms with Crippen molar-refractivity contribution >= 4 is 47.3 Å². The maximum atomic E-state index is 17.3. The molecule has 0 radical (unpaired) electrons. The van der Waals surface area contributed by atoms with Gasteiger partial charge in [-0.1, -0.05) is 31.2 Å². The van der Waals surface area contributed by atoms with Crippen LogP contribution < -0.4 is 9.64 Å². The Morgan fingerprint density at radius 1 is 1.10 bits per heavy atom. The van der Waals surface area contributed by atoms with E-state index in [2.05, 4.69) is 29.6 Å². The van der Waals surface area contributed by atoms with Crippen LogP contribution >= 0.6 is 11.6 Å². The third-order valence-electron chi connectivity index (χ3n) is 11.2. The number of fused-ring (bicyclic) bond motifs is 3. The van der Waals surface area contributed by atoms with E-state index in [0.717, 1.165) is 61.2 Å². The molecule has 51 heavy (non-hydrogen) atoms. The van der Waals surface area contributed by atoms with Crippen molar-refractivity contribution in [2.75, 3.05) is 44.3 Å². The lowest BCUT2D eigenvalue weighted by Gasteiger charge is -2.38. The first-order valence-electron chi connectivity index (χ1n) is 18.4. The molecule has 14 heteroatoms. The first-order valence-corrected chi connectivity index (χ1v) is 22.5. The predicted molar refractivity (Wildman–Crippen MR) is 198 cm³/mol. The number of hydrogen-bond donors (Lipinski definition) is 1. The standard InChI is InChI=1S/C37H48ClF2N7O3Si/c1-36(48)9-5-11-45(20-36)34-26-17-41-33(31(40)32(26)43-35(44-34)50-21-37-10-6-12-46(37)19-24(39)16-37)30-25-18-42-47(22-49-13-14-51(2,3)4)28(25)15-27(38)29(30)23-7-8-23/h15,17-18,23-24,48H,5-14,16,19-22H2,1-4H3/t24-,36-,37+/m1/s1. The molecule has 274 valence electrons. The van der Waals surface area contributed by atoms with Gasteiger partial charge >= 0.3 is 6.01 Å². The van der Waals surface area contributed by atoms with E-state index in [1.807, 2.05) is 11.0 Å². The number of alkyl halides is 1. The molecule has 3 atom stereocenters. The highest BCUT2D eigenvalue weighted by Crippen LogP contribution is 2.51. The molecule has 0 spiro atoms. The maximum Gasteiger partial charge on any atom is 0.319 e. The molecule has 3 aromatic heterocycles. The van der Waals surface area contributed by atoms with Crippen molar-refractivity contribution < 1.29 is 23.4 Å². The summed E-state index contributed by atoms with van der Waals surface area (Å²) in [4.78, 5) is 18.4. The fraction of sp³-hybridized carbons (Fsp3) is 0.622. The Balaban J connectivity index is 1.22.